The van der Waals surface area contributed by atoms with Gasteiger partial charge in [0.05, 0.1) is 23.8 Å². The standard InChI is InChI=1S/C22H28N2O5/c1-4-6-13-29-20-11-8-17(14-21(20)28-5-2)9-12-22(25)23-19-15-18(24(26)27)10-7-16(19)3/h7-8,10-11,14-15H,4-6,9,12-13H2,1-3H3,(H,23,25). The highest BCUT2D eigenvalue weighted by Crippen LogP contribution is 2.29. The van der Waals surface area contributed by atoms with E-state index in [0.29, 0.717) is 36.8 Å². The third-order valence-corrected chi connectivity index (χ3v) is 4.41. The van der Waals surface area contributed by atoms with Gasteiger partial charge in [-0.3, -0.25) is 14.9 Å². The minimum atomic E-state index is -0.478. The predicted molar refractivity (Wildman–Crippen MR) is 113 cm³/mol. The molecular weight excluding hydrogens is 372 g/mol. The molecule has 0 unspecified atom stereocenters. The molecule has 0 aromatic heterocycles. The number of rotatable bonds is 11. The fraction of sp³-hybridized carbons (Fsp3) is 0.409. The molecule has 0 bridgehead atoms. The molecule has 0 spiro atoms. The number of hydrogen-bond donors (Lipinski definition) is 1. The number of carbonyl (C=O) groups is 1. The number of non-ortho nitro benzene ring substituents is 1. The van der Waals surface area contributed by atoms with Crippen molar-refractivity contribution in [3.8, 4) is 11.5 Å². The van der Waals surface area contributed by atoms with Gasteiger partial charge in [-0.2, -0.15) is 0 Å². The molecule has 0 heterocycles. The fourth-order valence-corrected chi connectivity index (χ4v) is 2.75. The quantitative estimate of drug-likeness (QED) is 0.324. The van der Waals surface area contributed by atoms with Gasteiger partial charge in [-0.1, -0.05) is 25.5 Å². The Labute approximate surface area is 171 Å². The van der Waals surface area contributed by atoms with Crippen molar-refractivity contribution in [2.45, 2.75) is 46.5 Å². The highest BCUT2D eigenvalue weighted by molar-refractivity contribution is 5.92. The number of carbonyl (C=O) groups excluding carboxylic acids is 1. The molecule has 29 heavy (non-hydrogen) atoms. The predicted octanol–water partition coefficient (Wildman–Crippen LogP) is 5.05. The van der Waals surface area contributed by atoms with Crippen molar-refractivity contribution in [3.05, 3.63) is 57.6 Å². The number of anilines is 1. The number of nitrogens with one attached hydrogen (secondary N) is 1. The van der Waals surface area contributed by atoms with E-state index >= 15 is 0 Å². The van der Waals surface area contributed by atoms with E-state index in [1.165, 1.54) is 12.1 Å². The molecule has 1 amide bonds. The van der Waals surface area contributed by atoms with E-state index in [0.717, 1.165) is 24.0 Å². The lowest BCUT2D eigenvalue weighted by atomic mass is 10.1. The van der Waals surface area contributed by atoms with E-state index in [-0.39, 0.29) is 18.0 Å². The summed E-state index contributed by atoms with van der Waals surface area (Å²) in [7, 11) is 0. The third-order valence-electron chi connectivity index (χ3n) is 4.41. The fourth-order valence-electron chi connectivity index (χ4n) is 2.75. The number of unbranched alkanes of at least 4 members (excludes halogenated alkanes) is 1. The molecule has 0 saturated carbocycles. The van der Waals surface area contributed by atoms with Crippen LogP contribution in [0.2, 0.25) is 0 Å². The molecule has 2 rings (SSSR count). The zero-order valence-corrected chi connectivity index (χ0v) is 17.2. The molecule has 0 aliphatic heterocycles. The van der Waals surface area contributed by atoms with Gasteiger partial charge in [-0.05, 0) is 49.9 Å². The Morgan fingerprint density at radius 2 is 1.90 bits per heavy atom. The maximum absolute atomic E-state index is 12.3. The van der Waals surface area contributed by atoms with Crippen LogP contribution < -0.4 is 14.8 Å². The topological polar surface area (TPSA) is 90.7 Å². The average molecular weight is 400 g/mol. The van der Waals surface area contributed by atoms with E-state index < -0.39 is 4.92 Å². The summed E-state index contributed by atoms with van der Waals surface area (Å²) in [5.74, 6) is 1.19. The Morgan fingerprint density at radius 1 is 1.10 bits per heavy atom. The molecule has 0 radical (unpaired) electrons. The van der Waals surface area contributed by atoms with Crippen molar-refractivity contribution in [2.24, 2.45) is 0 Å². The largest absolute Gasteiger partial charge is 0.490 e. The van der Waals surface area contributed by atoms with Crippen LogP contribution in [-0.4, -0.2) is 24.0 Å². The van der Waals surface area contributed by atoms with E-state index in [9.17, 15) is 14.9 Å². The lowest BCUT2D eigenvalue weighted by molar-refractivity contribution is -0.384. The number of benzene rings is 2. The van der Waals surface area contributed by atoms with Crippen LogP contribution in [0.1, 0.15) is 44.2 Å². The average Bonchev–Trinajstić information content (AvgIpc) is 2.69. The van der Waals surface area contributed by atoms with Gasteiger partial charge in [0.2, 0.25) is 5.91 Å². The molecule has 0 atom stereocenters. The Kier molecular flexibility index (Phi) is 8.45. The van der Waals surface area contributed by atoms with Gasteiger partial charge in [-0.25, -0.2) is 0 Å². The van der Waals surface area contributed by atoms with Gasteiger partial charge in [-0.15, -0.1) is 0 Å². The van der Waals surface area contributed by atoms with Gasteiger partial charge in [0.15, 0.2) is 11.5 Å². The van der Waals surface area contributed by atoms with Crippen LogP contribution in [0.15, 0.2) is 36.4 Å². The minimum absolute atomic E-state index is 0.0501. The summed E-state index contributed by atoms with van der Waals surface area (Å²) in [5.41, 5.74) is 2.14. The number of nitro groups is 1. The van der Waals surface area contributed by atoms with E-state index in [2.05, 4.69) is 12.2 Å². The summed E-state index contributed by atoms with van der Waals surface area (Å²) in [4.78, 5) is 22.8. The first-order chi connectivity index (χ1) is 13.9. The Bertz CT molecular complexity index is 851. The van der Waals surface area contributed by atoms with Crippen LogP contribution in [0, 0.1) is 17.0 Å². The second kappa shape index (κ2) is 11.0. The van der Waals surface area contributed by atoms with Crippen LogP contribution in [0.3, 0.4) is 0 Å². The van der Waals surface area contributed by atoms with Crippen molar-refractivity contribution in [1.82, 2.24) is 0 Å². The van der Waals surface area contributed by atoms with Gasteiger partial charge >= 0.3 is 0 Å². The number of ether oxygens (including phenoxy) is 2. The maximum atomic E-state index is 12.3. The van der Waals surface area contributed by atoms with Crippen molar-refractivity contribution >= 4 is 17.3 Å². The van der Waals surface area contributed by atoms with Crippen molar-refractivity contribution in [2.75, 3.05) is 18.5 Å². The van der Waals surface area contributed by atoms with Crippen molar-refractivity contribution in [1.29, 1.82) is 0 Å². The second-order valence-electron chi connectivity index (χ2n) is 6.72. The molecule has 7 nitrogen and oxygen atoms in total. The number of amides is 1. The summed E-state index contributed by atoms with van der Waals surface area (Å²) in [6, 6.07) is 10.1. The number of nitrogens with zero attached hydrogens (tertiary/aromatic N) is 1. The first kappa shape index (κ1) is 22.2. The molecule has 1 N–H and O–H groups in total. The Balaban J connectivity index is 2.00. The van der Waals surface area contributed by atoms with E-state index in [1.807, 2.05) is 25.1 Å². The van der Waals surface area contributed by atoms with Crippen LogP contribution in [0.25, 0.3) is 0 Å². The Hall–Kier alpha value is -3.09. The van der Waals surface area contributed by atoms with Gasteiger partial charge in [0, 0.05) is 18.6 Å². The molecule has 2 aromatic rings. The molecule has 0 aliphatic rings. The van der Waals surface area contributed by atoms with Crippen LogP contribution >= 0.6 is 0 Å². The van der Waals surface area contributed by atoms with Gasteiger partial charge in [0.1, 0.15) is 0 Å². The smallest absolute Gasteiger partial charge is 0.271 e. The zero-order chi connectivity index (χ0) is 21.2. The van der Waals surface area contributed by atoms with Crippen molar-refractivity contribution < 1.29 is 19.2 Å². The monoisotopic (exact) mass is 400 g/mol. The molecule has 7 heteroatoms. The summed E-state index contributed by atoms with van der Waals surface area (Å²) in [6.07, 6.45) is 2.81. The molecule has 0 aliphatic carbocycles. The highest BCUT2D eigenvalue weighted by atomic mass is 16.6. The molecule has 0 fully saturated rings. The van der Waals surface area contributed by atoms with Crippen LogP contribution in [0.4, 0.5) is 11.4 Å². The first-order valence-electron chi connectivity index (χ1n) is 9.88. The molecule has 156 valence electrons. The maximum Gasteiger partial charge on any atom is 0.271 e. The van der Waals surface area contributed by atoms with Gasteiger partial charge < -0.3 is 14.8 Å². The minimum Gasteiger partial charge on any atom is -0.490 e. The lowest BCUT2D eigenvalue weighted by Crippen LogP contribution is -2.13. The van der Waals surface area contributed by atoms with Crippen LogP contribution in [0.5, 0.6) is 11.5 Å². The first-order valence-corrected chi connectivity index (χ1v) is 9.88. The summed E-state index contributed by atoms with van der Waals surface area (Å²) in [6.45, 7) is 6.99. The zero-order valence-electron chi connectivity index (χ0n) is 17.2. The molecule has 2 aromatic carbocycles. The molecular formula is C22H28N2O5. The summed E-state index contributed by atoms with van der Waals surface area (Å²) in [5, 5.41) is 13.7. The lowest BCUT2D eigenvalue weighted by Gasteiger charge is -2.13. The van der Waals surface area contributed by atoms with Gasteiger partial charge in [0.25, 0.3) is 5.69 Å². The second-order valence-corrected chi connectivity index (χ2v) is 6.72. The summed E-state index contributed by atoms with van der Waals surface area (Å²) >= 11 is 0. The SMILES string of the molecule is CCCCOc1ccc(CCC(=O)Nc2cc([N+](=O)[O-])ccc2C)cc1OCC. The number of hydrogen-bond acceptors (Lipinski definition) is 5. The highest BCUT2D eigenvalue weighted by Gasteiger charge is 2.12. The number of aryl methyl sites for hydroxylation is 2. The summed E-state index contributed by atoms with van der Waals surface area (Å²) < 4.78 is 11.4. The molecule has 0 saturated heterocycles. The van der Waals surface area contributed by atoms with E-state index in [1.54, 1.807) is 13.0 Å². The Morgan fingerprint density at radius 3 is 2.59 bits per heavy atom. The van der Waals surface area contributed by atoms with Crippen LogP contribution in [-0.2, 0) is 11.2 Å². The van der Waals surface area contributed by atoms with Crippen molar-refractivity contribution in [3.63, 3.8) is 0 Å². The number of nitro benzene ring substituents is 1. The normalized spacial score (nSPS) is 10.4. The van der Waals surface area contributed by atoms with E-state index in [4.69, 9.17) is 9.47 Å². The third kappa shape index (κ3) is 6.78.